The van der Waals surface area contributed by atoms with Crippen LogP contribution in [0.3, 0.4) is 0 Å². The van der Waals surface area contributed by atoms with E-state index in [1.54, 1.807) is 18.2 Å². The van der Waals surface area contributed by atoms with Gasteiger partial charge in [0.2, 0.25) is 0 Å². The zero-order valence-electron chi connectivity index (χ0n) is 12.6. The minimum Gasteiger partial charge on any atom is -0.394 e. The van der Waals surface area contributed by atoms with E-state index in [0.717, 1.165) is 5.56 Å². The molecule has 0 saturated heterocycles. The Hall–Kier alpha value is -1.51. The second-order valence-corrected chi connectivity index (χ2v) is 5.35. The van der Waals surface area contributed by atoms with Crippen LogP contribution in [0.1, 0.15) is 15.9 Å². The Morgan fingerprint density at radius 2 is 1.73 bits per heavy atom. The highest BCUT2D eigenvalue weighted by atomic mass is 16.4. The number of carbonyl (C=O) groups excluding carboxylic acids is 1. The van der Waals surface area contributed by atoms with Crippen molar-refractivity contribution in [1.82, 2.24) is 4.90 Å². The van der Waals surface area contributed by atoms with Gasteiger partial charge in [-0.2, -0.15) is 0 Å². The number of aryl methyl sites for hydroxylation is 1. The van der Waals surface area contributed by atoms with Crippen molar-refractivity contribution in [2.24, 2.45) is 0 Å². The summed E-state index contributed by atoms with van der Waals surface area (Å²) in [4.78, 5) is 13.4. The van der Waals surface area contributed by atoms with Crippen LogP contribution in [0.25, 0.3) is 0 Å². The maximum absolute atomic E-state index is 12.2. The molecule has 0 bridgehead atoms. The predicted molar refractivity (Wildman–Crippen MR) is 79.3 cm³/mol. The Balaban J connectivity index is 2.67. The molecule has 0 spiro atoms. The zero-order chi connectivity index (χ0) is 16.9. The largest absolute Gasteiger partial charge is 0.394 e. The van der Waals surface area contributed by atoms with Gasteiger partial charge in [0.05, 0.1) is 6.61 Å². The van der Waals surface area contributed by atoms with Crippen molar-refractivity contribution in [2.45, 2.75) is 31.3 Å². The SMILES string of the molecule is Cc1cccc(C(=O)N(C)CC(O)C(O)C(O)C(O)CO)c1. The minimum absolute atomic E-state index is 0.233. The molecule has 0 fully saturated rings. The lowest BCUT2D eigenvalue weighted by Crippen LogP contribution is -2.49. The molecule has 1 aromatic rings. The van der Waals surface area contributed by atoms with Gasteiger partial charge >= 0.3 is 0 Å². The van der Waals surface area contributed by atoms with Crippen LogP contribution in [-0.4, -0.2) is 81.0 Å². The van der Waals surface area contributed by atoms with Crippen molar-refractivity contribution < 1.29 is 30.3 Å². The molecule has 4 unspecified atom stereocenters. The third-order valence-corrected chi connectivity index (χ3v) is 3.40. The lowest BCUT2D eigenvalue weighted by Gasteiger charge is -2.28. The molecule has 0 radical (unpaired) electrons. The normalized spacial score (nSPS) is 16.7. The molecule has 0 aromatic heterocycles. The highest BCUT2D eigenvalue weighted by Gasteiger charge is 2.31. The van der Waals surface area contributed by atoms with E-state index in [2.05, 4.69) is 0 Å². The number of hydrogen-bond donors (Lipinski definition) is 5. The van der Waals surface area contributed by atoms with E-state index in [4.69, 9.17) is 5.11 Å². The fourth-order valence-electron chi connectivity index (χ4n) is 2.03. The molecule has 22 heavy (non-hydrogen) atoms. The minimum atomic E-state index is -1.71. The summed E-state index contributed by atoms with van der Waals surface area (Å²) in [6.07, 6.45) is -6.42. The first-order chi connectivity index (χ1) is 10.3. The van der Waals surface area contributed by atoms with Gasteiger partial charge < -0.3 is 30.4 Å². The van der Waals surface area contributed by atoms with E-state index in [-0.39, 0.29) is 12.5 Å². The Kier molecular flexibility index (Phi) is 6.92. The number of aliphatic hydroxyl groups excluding tert-OH is 5. The first-order valence-electron chi connectivity index (χ1n) is 6.93. The molecule has 1 rings (SSSR count). The van der Waals surface area contributed by atoms with Crippen LogP contribution >= 0.6 is 0 Å². The van der Waals surface area contributed by atoms with E-state index in [9.17, 15) is 25.2 Å². The van der Waals surface area contributed by atoms with Crippen molar-refractivity contribution >= 4 is 5.91 Å². The molecule has 1 aromatic carbocycles. The van der Waals surface area contributed by atoms with Crippen LogP contribution in [0, 0.1) is 6.92 Å². The van der Waals surface area contributed by atoms with Crippen LogP contribution in [0.2, 0.25) is 0 Å². The smallest absolute Gasteiger partial charge is 0.253 e. The summed E-state index contributed by atoms with van der Waals surface area (Å²) in [6, 6.07) is 6.93. The Morgan fingerprint density at radius 3 is 2.27 bits per heavy atom. The van der Waals surface area contributed by atoms with Crippen LogP contribution in [-0.2, 0) is 0 Å². The molecular weight excluding hydrogens is 290 g/mol. The summed E-state index contributed by atoms with van der Waals surface area (Å²) in [6.45, 7) is 0.869. The summed E-state index contributed by atoms with van der Waals surface area (Å²) in [5.74, 6) is -0.341. The van der Waals surface area contributed by atoms with Crippen LogP contribution in [0.5, 0.6) is 0 Å². The number of amides is 1. The molecule has 0 saturated carbocycles. The molecule has 0 heterocycles. The van der Waals surface area contributed by atoms with Crippen LogP contribution in [0.15, 0.2) is 24.3 Å². The molecule has 0 aliphatic carbocycles. The van der Waals surface area contributed by atoms with Crippen LogP contribution < -0.4 is 0 Å². The van der Waals surface area contributed by atoms with Crippen molar-refractivity contribution in [3.05, 3.63) is 35.4 Å². The van der Waals surface area contributed by atoms with Crippen LogP contribution in [0.4, 0.5) is 0 Å². The lowest BCUT2D eigenvalue weighted by molar-refractivity contribution is -0.117. The van der Waals surface area contributed by atoms with Gasteiger partial charge in [-0.1, -0.05) is 17.7 Å². The molecule has 0 aliphatic heterocycles. The maximum atomic E-state index is 12.2. The van der Waals surface area contributed by atoms with E-state index in [1.165, 1.54) is 11.9 Å². The Morgan fingerprint density at radius 1 is 1.14 bits per heavy atom. The molecule has 5 N–H and O–H groups in total. The monoisotopic (exact) mass is 313 g/mol. The number of benzene rings is 1. The van der Waals surface area contributed by atoms with E-state index < -0.39 is 31.0 Å². The van der Waals surface area contributed by atoms with Crippen molar-refractivity contribution in [1.29, 1.82) is 0 Å². The average molecular weight is 313 g/mol. The number of carbonyl (C=O) groups is 1. The molecule has 0 aliphatic rings. The van der Waals surface area contributed by atoms with Gasteiger partial charge in [0.1, 0.15) is 24.4 Å². The summed E-state index contributed by atoms with van der Waals surface area (Å²) in [5, 5.41) is 47.1. The van der Waals surface area contributed by atoms with E-state index in [1.807, 2.05) is 13.0 Å². The summed E-state index contributed by atoms with van der Waals surface area (Å²) < 4.78 is 0. The van der Waals surface area contributed by atoms with Crippen molar-refractivity contribution in [2.75, 3.05) is 20.2 Å². The van der Waals surface area contributed by atoms with Gasteiger partial charge in [0.25, 0.3) is 5.91 Å². The highest BCUT2D eigenvalue weighted by molar-refractivity contribution is 5.94. The molecule has 124 valence electrons. The first kappa shape index (κ1) is 18.5. The van der Waals surface area contributed by atoms with E-state index >= 15 is 0 Å². The summed E-state index contributed by atoms with van der Waals surface area (Å²) >= 11 is 0. The first-order valence-corrected chi connectivity index (χ1v) is 6.93. The lowest BCUT2D eigenvalue weighted by atomic mass is 10.0. The van der Waals surface area contributed by atoms with Gasteiger partial charge in [-0.15, -0.1) is 0 Å². The summed E-state index contributed by atoms with van der Waals surface area (Å²) in [5.41, 5.74) is 1.36. The van der Waals surface area contributed by atoms with Gasteiger partial charge in [-0.05, 0) is 19.1 Å². The Labute approximate surface area is 129 Å². The molecule has 4 atom stereocenters. The summed E-state index contributed by atoms with van der Waals surface area (Å²) in [7, 11) is 1.45. The Bertz CT molecular complexity index is 495. The third-order valence-electron chi connectivity index (χ3n) is 3.40. The predicted octanol–water partition coefficient (Wildman–Crippen LogP) is -1.50. The fourth-order valence-corrected chi connectivity index (χ4v) is 2.03. The number of nitrogens with zero attached hydrogens (tertiary/aromatic N) is 1. The number of aliphatic hydroxyl groups is 5. The second-order valence-electron chi connectivity index (χ2n) is 5.35. The zero-order valence-corrected chi connectivity index (χ0v) is 12.6. The second kappa shape index (κ2) is 8.21. The molecule has 7 heteroatoms. The van der Waals surface area contributed by atoms with Gasteiger partial charge in [0, 0.05) is 19.2 Å². The molecular formula is C15H23NO6. The highest BCUT2D eigenvalue weighted by Crippen LogP contribution is 2.10. The van der Waals surface area contributed by atoms with Crippen molar-refractivity contribution in [3.63, 3.8) is 0 Å². The number of rotatable bonds is 7. The van der Waals surface area contributed by atoms with E-state index in [0.29, 0.717) is 5.56 Å². The van der Waals surface area contributed by atoms with Gasteiger partial charge in [-0.25, -0.2) is 0 Å². The maximum Gasteiger partial charge on any atom is 0.253 e. The fraction of sp³-hybridized carbons (Fsp3) is 0.533. The average Bonchev–Trinajstić information content (AvgIpc) is 2.51. The number of hydrogen-bond acceptors (Lipinski definition) is 6. The van der Waals surface area contributed by atoms with Gasteiger partial charge in [-0.3, -0.25) is 4.79 Å². The topological polar surface area (TPSA) is 121 Å². The quantitative estimate of drug-likeness (QED) is 0.418. The molecule has 1 amide bonds. The van der Waals surface area contributed by atoms with Gasteiger partial charge in [0.15, 0.2) is 0 Å². The molecule has 7 nitrogen and oxygen atoms in total. The van der Waals surface area contributed by atoms with Crippen molar-refractivity contribution in [3.8, 4) is 0 Å². The third kappa shape index (κ3) is 4.75. The standard InChI is InChI=1S/C15H23NO6/c1-9-4-3-5-10(6-9)15(22)16(2)7-11(18)13(20)14(21)12(19)8-17/h3-6,11-14,17-21H,7-8H2,1-2H3. The number of likely N-dealkylation sites (N-methyl/N-ethyl adjacent to an activating group) is 1.